The third-order valence-corrected chi connectivity index (χ3v) is 4.30. The van der Waals surface area contributed by atoms with Crippen LogP contribution in [0.25, 0.3) is 0 Å². The molecule has 1 aromatic carbocycles. The summed E-state index contributed by atoms with van der Waals surface area (Å²) in [7, 11) is 0. The van der Waals surface area contributed by atoms with Crippen LogP contribution in [0.2, 0.25) is 0 Å². The summed E-state index contributed by atoms with van der Waals surface area (Å²) < 4.78 is 13.6. The van der Waals surface area contributed by atoms with Crippen LogP contribution in [-0.2, 0) is 6.54 Å². The standard InChI is InChI=1S/C14H14BrN3O4/c1-8-14(18(19)20)9(2)17(16-8)7-10-5-12-13(6-11(10)15)22-4-3-21-12/h5-6H,3-4,7H2,1-2H3. The number of hydrogen-bond acceptors (Lipinski definition) is 5. The van der Waals surface area contributed by atoms with Crippen molar-refractivity contribution < 1.29 is 14.4 Å². The van der Waals surface area contributed by atoms with Crippen LogP contribution >= 0.6 is 15.9 Å². The van der Waals surface area contributed by atoms with Gasteiger partial charge in [-0.05, 0) is 31.5 Å². The Kier molecular flexibility index (Phi) is 3.78. The fourth-order valence-corrected chi connectivity index (χ4v) is 2.94. The van der Waals surface area contributed by atoms with E-state index in [-0.39, 0.29) is 5.69 Å². The molecule has 0 unspecified atom stereocenters. The fraction of sp³-hybridized carbons (Fsp3) is 0.357. The number of nitrogens with zero attached hydrogens (tertiary/aromatic N) is 3. The molecule has 2 aromatic rings. The monoisotopic (exact) mass is 367 g/mol. The smallest absolute Gasteiger partial charge is 0.312 e. The summed E-state index contributed by atoms with van der Waals surface area (Å²) in [5.74, 6) is 1.38. The van der Waals surface area contributed by atoms with Crippen LogP contribution in [0.4, 0.5) is 5.69 Å². The highest BCUT2D eigenvalue weighted by molar-refractivity contribution is 9.10. The van der Waals surface area contributed by atoms with Crippen molar-refractivity contribution in [2.45, 2.75) is 20.4 Å². The quantitative estimate of drug-likeness (QED) is 0.615. The van der Waals surface area contributed by atoms with Crippen molar-refractivity contribution in [1.82, 2.24) is 9.78 Å². The van der Waals surface area contributed by atoms with Gasteiger partial charge in [0.15, 0.2) is 11.5 Å². The number of hydrogen-bond donors (Lipinski definition) is 0. The van der Waals surface area contributed by atoms with E-state index < -0.39 is 4.92 Å². The van der Waals surface area contributed by atoms with Crippen molar-refractivity contribution in [2.75, 3.05) is 13.2 Å². The molecule has 0 aliphatic carbocycles. The zero-order valence-electron chi connectivity index (χ0n) is 12.1. The Hall–Kier alpha value is -2.09. The van der Waals surface area contributed by atoms with Gasteiger partial charge in [0.05, 0.1) is 11.5 Å². The third-order valence-electron chi connectivity index (χ3n) is 3.56. The summed E-state index contributed by atoms with van der Waals surface area (Å²) in [6.45, 7) is 4.80. The maximum atomic E-state index is 11.1. The van der Waals surface area contributed by atoms with E-state index in [4.69, 9.17) is 9.47 Å². The Morgan fingerprint density at radius 2 is 1.95 bits per heavy atom. The molecule has 1 aliphatic heterocycles. The lowest BCUT2D eigenvalue weighted by molar-refractivity contribution is -0.386. The molecular weight excluding hydrogens is 354 g/mol. The molecule has 8 heteroatoms. The molecule has 0 N–H and O–H groups in total. The number of rotatable bonds is 3. The number of halogens is 1. The molecule has 1 aliphatic rings. The van der Waals surface area contributed by atoms with Gasteiger partial charge in [-0.1, -0.05) is 15.9 Å². The minimum atomic E-state index is -0.396. The van der Waals surface area contributed by atoms with Crippen molar-refractivity contribution in [3.8, 4) is 11.5 Å². The molecule has 0 saturated heterocycles. The summed E-state index contributed by atoms with van der Waals surface area (Å²) in [5.41, 5.74) is 1.93. The van der Waals surface area contributed by atoms with Gasteiger partial charge in [-0.3, -0.25) is 14.8 Å². The van der Waals surface area contributed by atoms with Crippen LogP contribution in [0.15, 0.2) is 16.6 Å². The van der Waals surface area contributed by atoms with Crippen LogP contribution in [0.5, 0.6) is 11.5 Å². The predicted molar refractivity (Wildman–Crippen MR) is 82.6 cm³/mol. The van der Waals surface area contributed by atoms with Gasteiger partial charge in [-0.15, -0.1) is 0 Å². The summed E-state index contributed by atoms with van der Waals surface area (Å²) in [4.78, 5) is 10.7. The van der Waals surface area contributed by atoms with Crippen LogP contribution < -0.4 is 9.47 Å². The zero-order chi connectivity index (χ0) is 15.9. The number of ether oxygens (including phenoxy) is 2. The van der Waals surface area contributed by atoms with E-state index in [0.717, 1.165) is 10.0 Å². The van der Waals surface area contributed by atoms with E-state index in [9.17, 15) is 10.1 Å². The molecule has 0 atom stereocenters. The average Bonchev–Trinajstić information content (AvgIpc) is 2.74. The molecule has 3 rings (SSSR count). The van der Waals surface area contributed by atoms with Gasteiger partial charge in [-0.2, -0.15) is 5.10 Å². The molecule has 7 nitrogen and oxygen atoms in total. The van der Waals surface area contributed by atoms with Crippen molar-refractivity contribution in [2.24, 2.45) is 0 Å². The normalized spacial score (nSPS) is 13.2. The van der Waals surface area contributed by atoms with Gasteiger partial charge >= 0.3 is 5.69 Å². The molecule has 0 amide bonds. The summed E-state index contributed by atoms with van der Waals surface area (Å²) >= 11 is 3.50. The molecule has 0 spiro atoms. The van der Waals surface area contributed by atoms with Crippen LogP contribution in [0.1, 0.15) is 17.0 Å². The largest absolute Gasteiger partial charge is 0.486 e. The average molecular weight is 368 g/mol. The zero-order valence-corrected chi connectivity index (χ0v) is 13.7. The van der Waals surface area contributed by atoms with Crippen molar-refractivity contribution >= 4 is 21.6 Å². The summed E-state index contributed by atoms with van der Waals surface area (Å²) in [6.07, 6.45) is 0. The molecular formula is C14H14BrN3O4. The van der Waals surface area contributed by atoms with E-state index >= 15 is 0 Å². The maximum absolute atomic E-state index is 11.1. The predicted octanol–water partition coefficient (Wildman–Crippen LogP) is 2.99. The molecule has 0 fully saturated rings. The number of nitro groups is 1. The van der Waals surface area contributed by atoms with Crippen molar-refractivity contribution in [1.29, 1.82) is 0 Å². The second-order valence-corrected chi connectivity index (χ2v) is 5.88. The third kappa shape index (κ3) is 2.54. The van der Waals surface area contributed by atoms with E-state index in [1.807, 2.05) is 12.1 Å². The van der Waals surface area contributed by atoms with Gasteiger partial charge in [0.2, 0.25) is 0 Å². The number of aryl methyl sites for hydroxylation is 1. The van der Waals surface area contributed by atoms with Gasteiger partial charge < -0.3 is 9.47 Å². The lowest BCUT2D eigenvalue weighted by Gasteiger charge is -2.20. The Balaban J connectivity index is 1.97. The minimum Gasteiger partial charge on any atom is -0.486 e. The first-order valence-corrected chi connectivity index (χ1v) is 7.53. The molecule has 0 saturated carbocycles. The van der Waals surface area contributed by atoms with Crippen LogP contribution in [0.3, 0.4) is 0 Å². The molecule has 2 heterocycles. The second-order valence-electron chi connectivity index (χ2n) is 5.02. The van der Waals surface area contributed by atoms with Gasteiger partial charge in [0.25, 0.3) is 0 Å². The van der Waals surface area contributed by atoms with E-state index in [1.54, 1.807) is 18.5 Å². The molecule has 0 radical (unpaired) electrons. The molecule has 1 aromatic heterocycles. The van der Waals surface area contributed by atoms with E-state index in [2.05, 4.69) is 21.0 Å². The second kappa shape index (κ2) is 5.60. The highest BCUT2D eigenvalue weighted by Gasteiger charge is 2.23. The van der Waals surface area contributed by atoms with Crippen molar-refractivity contribution in [3.63, 3.8) is 0 Å². The first kappa shape index (κ1) is 14.8. The summed E-state index contributed by atoms with van der Waals surface area (Å²) in [6, 6.07) is 3.73. The van der Waals surface area contributed by atoms with Gasteiger partial charge in [0.1, 0.15) is 24.6 Å². The topological polar surface area (TPSA) is 79.4 Å². The summed E-state index contributed by atoms with van der Waals surface area (Å²) in [5, 5.41) is 15.3. The molecule has 116 valence electrons. The molecule has 0 bridgehead atoms. The maximum Gasteiger partial charge on any atom is 0.312 e. The van der Waals surface area contributed by atoms with Crippen LogP contribution in [-0.4, -0.2) is 27.9 Å². The van der Waals surface area contributed by atoms with Gasteiger partial charge in [0, 0.05) is 4.47 Å². The van der Waals surface area contributed by atoms with E-state index in [1.165, 1.54) is 0 Å². The number of benzene rings is 1. The first-order chi connectivity index (χ1) is 10.5. The van der Waals surface area contributed by atoms with Gasteiger partial charge in [-0.25, -0.2) is 0 Å². The highest BCUT2D eigenvalue weighted by atomic mass is 79.9. The Labute approximate surface area is 135 Å². The van der Waals surface area contributed by atoms with Crippen molar-refractivity contribution in [3.05, 3.63) is 43.7 Å². The highest BCUT2D eigenvalue weighted by Crippen LogP contribution is 2.36. The number of aromatic nitrogens is 2. The molecule has 22 heavy (non-hydrogen) atoms. The lowest BCUT2D eigenvalue weighted by atomic mass is 10.2. The number of fused-ring (bicyclic) bond motifs is 1. The Morgan fingerprint density at radius 1 is 1.32 bits per heavy atom. The van der Waals surface area contributed by atoms with E-state index in [0.29, 0.717) is 42.6 Å². The van der Waals surface area contributed by atoms with Crippen LogP contribution in [0, 0.1) is 24.0 Å². The lowest BCUT2D eigenvalue weighted by Crippen LogP contribution is -2.16. The SMILES string of the molecule is Cc1nn(Cc2cc3c(cc2Br)OCCO3)c(C)c1[N+](=O)[O-]. The fourth-order valence-electron chi connectivity index (χ4n) is 2.49. The Bertz CT molecular complexity index is 757. The first-order valence-electron chi connectivity index (χ1n) is 6.74. The minimum absolute atomic E-state index is 0.0636. The Morgan fingerprint density at radius 3 is 2.55 bits per heavy atom.